The van der Waals surface area contributed by atoms with Crippen LogP contribution in [-0.2, 0) is 0 Å². The minimum absolute atomic E-state index is 0.301. The number of aryl methyl sites for hydroxylation is 3. The van der Waals surface area contributed by atoms with E-state index in [1.54, 1.807) is 0 Å². The molecule has 138 valence electrons. The van der Waals surface area contributed by atoms with E-state index in [1.807, 2.05) is 12.1 Å². The third kappa shape index (κ3) is 3.44. The number of aromatic hydroxyl groups is 1. The van der Waals surface area contributed by atoms with Gasteiger partial charge in [-0.05, 0) is 49.1 Å². The lowest BCUT2D eigenvalue weighted by molar-refractivity contribution is 0.477. The molecule has 0 bridgehead atoms. The molecule has 0 aliphatic heterocycles. The van der Waals surface area contributed by atoms with Crippen molar-refractivity contribution in [2.45, 2.75) is 20.8 Å². The van der Waals surface area contributed by atoms with E-state index in [0.29, 0.717) is 5.75 Å². The standard InChI is InChI=1S/C27H24O/c1-18-4-10-21(11-5-18)24-16-17-25(28)27(23-14-8-20(3)9-15-23)26(24)22-12-6-19(2)7-13-22/h4-17,28H,1-3H3. The average Bonchev–Trinajstić information content (AvgIpc) is 2.70. The Bertz CT molecular complexity index is 1100. The van der Waals surface area contributed by atoms with Gasteiger partial charge in [-0.1, -0.05) is 95.6 Å². The van der Waals surface area contributed by atoms with Crippen LogP contribution >= 0.6 is 0 Å². The first-order valence-corrected chi connectivity index (χ1v) is 9.60. The number of phenolic OH excluding ortho intramolecular Hbond substituents is 1. The quantitative estimate of drug-likeness (QED) is 0.404. The summed E-state index contributed by atoms with van der Waals surface area (Å²) in [4.78, 5) is 0. The summed E-state index contributed by atoms with van der Waals surface area (Å²) in [5.74, 6) is 0.301. The molecule has 0 heterocycles. The summed E-state index contributed by atoms with van der Waals surface area (Å²) in [7, 11) is 0. The summed E-state index contributed by atoms with van der Waals surface area (Å²) in [6, 6.07) is 29.3. The molecule has 0 unspecified atom stereocenters. The molecule has 0 aliphatic rings. The molecule has 4 aromatic rings. The molecule has 4 aromatic carbocycles. The Morgan fingerprint density at radius 3 is 1.29 bits per heavy atom. The highest BCUT2D eigenvalue weighted by molar-refractivity contribution is 5.97. The first kappa shape index (κ1) is 18.1. The van der Waals surface area contributed by atoms with Gasteiger partial charge in [-0.25, -0.2) is 0 Å². The molecule has 4 rings (SSSR count). The lowest BCUT2D eigenvalue weighted by Gasteiger charge is -2.18. The van der Waals surface area contributed by atoms with Gasteiger partial charge in [0.2, 0.25) is 0 Å². The Labute approximate surface area is 166 Å². The predicted octanol–water partition coefficient (Wildman–Crippen LogP) is 7.32. The van der Waals surface area contributed by atoms with Gasteiger partial charge in [0.15, 0.2) is 0 Å². The zero-order valence-electron chi connectivity index (χ0n) is 16.5. The maximum Gasteiger partial charge on any atom is 0.124 e. The predicted molar refractivity (Wildman–Crippen MR) is 119 cm³/mol. The number of phenols is 1. The minimum Gasteiger partial charge on any atom is -0.507 e. The second kappa shape index (κ2) is 7.36. The summed E-state index contributed by atoms with van der Waals surface area (Å²) in [6.07, 6.45) is 0. The Morgan fingerprint density at radius 2 is 0.821 bits per heavy atom. The molecule has 0 aliphatic carbocycles. The zero-order chi connectivity index (χ0) is 19.7. The second-order valence-corrected chi connectivity index (χ2v) is 7.48. The Hall–Kier alpha value is -3.32. The van der Waals surface area contributed by atoms with Crippen molar-refractivity contribution in [2.24, 2.45) is 0 Å². The monoisotopic (exact) mass is 364 g/mol. The van der Waals surface area contributed by atoms with E-state index in [2.05, 4.69) is 93.6 Å². The first-order valence-electron chi connectivity index (χ1n) is 9.60. The van der Waals surface area contributed by atoms with Crippen LogP contribution < -0.4 is 0 Å². The largest absolute Gasteiger partial charge is 0.507 e. The summed E-state index contributed by atoms with van der Waals surface area (Å²) in [6.45, 7) is 6.26. The van der Waals surface area contributed by atoms with E-state index in [4.69, 9.17) is 0 Å². The van der Waals surface area contributed by atoms with E-state index in [9.17, 15) is 5.11 Å². The third-order valence-electron chi connectivity index (χ3n) is 5.23. The Morgan fingerprint density at radius 1 is 0.429 bits per heavy atom. The fraction of sp³-hybridized carbons (Fsp3) is 0.111. The molecule has 0 fully saturated rings. The maximum atomic E-state index is 10.8. The highest BCUT2D eigenvalue weighted by Gasteiger charge is 2.18. The van der Waals surface area contributed by atoms with Gasteiger partial charge in [0.1, 0.15) is 5.75 Å². The van der Waals surface area contributed by atoms with E-state index >= 15 is 0 Å². The molecular weight excluding hydrogens is 340 g/mol. The van der Waals surface area contributed by atoms with Crippen LogP contribution in [-0.4, -0.2) is 5.11 Å². The average molecular weight is 364 g/mol. The summed E-state index contributed by atoms with van der Waals surface area (Å²) in [5.41, 5.74) is 9.99. The van der Waals surface area contributed by atoms with Crippen LogP contribution in [0.3, 0.4) is 0 Å². The van der Waals surface area contributed by atoms with Gasteiger partial charge < -0.3 is 5.11 Å². The van der Waals surface area contributed by atoms with E-state index in [0.717, 1.165) is 33.4 Å². The van der Waals surface area contributed by atoms with Crippen molar-refractivity contribution in [1.82, 2.24) is 0 Å². The van der Waals surface area contributed by atoms with E-state index < -0.39 is 0 Å². The molecule has 0 spiro atoms. The van der Waals surface area contributed by atoms with Crippen molar-refractivity contribution in [3.8, 4) is 39.1 Å². The van der Waals surface area contributed by atoms with Crippen molar-refractivity contribution in [3.05, 3.63) is 102 Å². The molecule has 0 amide bonds. The molecule has 28 heavy (non-hydrogen) atoms. The van der Waals surface area contributed by atoms with E-state index in [-0.39, 0.29) is 0 Å². The topological polar surface area (TPSA) is 20.2 Å². The molecule has 0 aromatic heterocycles. The SMILES string of the molecule is Cc1ccc(-c2ccc(O)c(-c3ccc(C)cc3)c2-c2ccc(C)cc2)cc1. The molecule has 1 heteroatoms. The van der Waals surface area contributed by atoms with Crippen LogP contribution in [0.15, 0.2) is 84.9 Å². The summed E-state index contributed by atoms with van der Waals surface area (Å²) >= 11 is 0. The van der Waals surface area contributed by atoms with Crippen LogP contribution in [0.4, 0.5) is 0 Å². The van der Waals surface area contributed by atoms with Gasteiger partial charge in [0.25, 0.3) is 0 Å². The Balaban J connectivity index is 2.04. The van der Waals surface area contributed by atoms with Gasteiger partial charge in [0.05, 0.1) is 0 Å². The van der Waals surface area contributed by atoms with Crippen molar-refractivity contribution >= 4 is 0 Å². The van der Waals surface area contributed by atoms with Gasteiger partial charge >= 0.3 is 0 Å². The van der Waals surface area contributed by atoms with Crippen LogP contribution in [0.2, 0.25) is 0 Å². The zero-order valence-corrected chi connectivity index (χ0v) is 16.5. The summed E-state index contributed by atoms with van der Waals surface area (Å²) in [5, 5.41) is 10.8. The number of hydrogen-bond donors (Lipinski definition) is 1. The highest BCUT2D eigenvalue weighted by atomic mass is 16.3. The smallest absolute Gasteiger partial charge is 0.124 e. The maximum absolute atomic E-state index is 10.8. The van der Waals surface area contributed by atoms with Crippen LogP contribution in [0, 0.1) is 20.8 Å². The molecule has 0 atom stereocenters. The fourth-order valence-electron chi connectivity index (χ4n) is 3.60. The van der Waals surface area contributed by atoms with Crippen molar-refractivity contribution in [1.29, 1.82) is 0 Å². The molecule has 0 saturated heterocycles. The van der Waals surface area contributed by atoms with Crippen LogP contribution in [0.25, 0.3) is 33.4 Å². The molecule has 0 saturated carbocycles. The lowest BCUT2D eigenvalue weighted by Crippen LogP contribution is -1.92. The minimum atomic E-state index is 0.301. The van der Waals surface area contributed by atoms with Gasteiger partial charge in [-0.3, -0.25) is 0 Å². The molecular formula is C27H24O. The molecule has 0 radical (unpaired) electrons. The molecule has 1 N–H and O–H groups in total. The number of benzene rings is 4. The molecule has 1 nitrogen and oxygen atoms in total. The van der Waals surface area contributed by atoms with Crippen LogP contribution in [0.5, 0.6) is 5.75 Å². The fourth-order valence-corrected chi connectivity index (χ4v) is 3.60. The number of rotatable bonds is 3. The van der Waals surface area contributed by atoms with Crippen molar-refractivity contribution in [2.75, 3.05) is 0 Å². The van der Waals surface area contributed by atoms with Crippen LogP contribution in [0.1, 0.15) is 16.7 Å². The van der Waals surface area contributed by atoms with Crippen molar-refractivity contribution < 1.29 is 5.11 Å². The Kier molecular flexibility index (Phi) is 4.75. The summed E-state index contributed by atoms with van der Waals surface area (Å²) < 4.78 is 0. The number of hydrogen-bond acceptors (Lipinski definition) is 1. The van der Waals surface area contributed by atoms with Gasteiger partial charge in [-0.2, -0.15) is 0 Å². The second-order valence-electron chi connectivity index (χ2n) is 7.48. The normalized spacial score (nSPS) is 10.8. The first-order chi connectivity index (χ1) is 13.5. The van der Waals surface area contributed by atoms with Gasteiger partial charge in [0, 0.05) is 11.1 Å². The lowest BCUT2D eigenvalue weighted by atomic mass is 9.86. The van der Waals surface area contributed by atoms with E-state index in [1.165, 1.54) is 16.7 Å². The third-order valence-corrected chi connectivity index (χ3v) is 5.23. The highest BCUT2D eigenvalue weighted by Crippen LogP contribution is 2.44. The van der Waals surface area contributed by atoms with Gasteiger partial charge in [-0.15, -0.1) is 0 Å². The van der Waals surface area contributed by atoms with Crippen molar-refractivity contribution in [3.63, 3.8) is 0 Å².